The van der Waals surface area contributed by atoms with Crippen molar-refractivity contribution in [3.05, 3.63) is 106 Å². The Kier molecular flexibility index (Phi) is 4.06. The molecule has 3 aromatic carbocycles. The van der Waals surface area contributed by atoms with Crippen molar-refractivity contribution in [2.75, 3.05) is 0 Å². The summed E-state index contributed by atoms with van der Waals surface area (Å²) in [6, 6.07) is 21.3. The number of hydrogen-bond donors (Lipinski definition) is 0. The van der Waals surface area contributed by atoms with Gasteiger partial charge < -0.3 is 0 Å². The van der Waals surface area contributed by atoms with Gasteiger partial charge >= 0.3 is 0 Å². The fourth-order valence-electron chi connectivity index (χ4n) is 3.77. The zero-order chi connectivity index (χ0) is 20.8. The van der Waals surface area contributed by atoms with Crippen molar-refractivity contribution in [3.8, 4) is 5.69 Å². The third-order valence-electron chi connectivity index (χ3n) is 5.32. The van der Waals surface area contributed by atoms with Crippen LogP contribution in [-0.2, 0) is 6.54 Å². The van der Waals surface area contributed by atoms with Crippen molar-refractivity contribution in [2.24, 2.45) is 0 Å². The van der Waals surface area contributed by atoms with E-state index in [2.05, 4.69) is 4.98 Å². The van der Waals surface area contributed by atoms with Crippen LogP contribution in [0.5, 0.6) is 0 Å². The zero-order valence-electron chi connectivity index (χ0n) is 16.2. The summed E-state index contributed by atoms with van der Waals surface area (Å²) in [7, 11) is 0. The molecule has 0 bridgehead atoms. The highest BCUT2D eigenvalue weighted by atomic mass is 16.2. The molecule has 0 unspecified atom stereocenters. The number of hydrogen-bond acceptors (Lipinski definition) is 4. The monoisotopic (exact) mass is 395 g/mol. The highest BCUT2D eigenvalue weighted by Crippen LogP contribution is 2.25. The van der Waals surface area contributed by atoms with Gasteiger partial charge in [0.2, 0.25) is 0 Å². The Morgan fingerprint density at radius 2 is 1.37 bits per heavy atom. The van der Waals surface area contributed by atoms with Gasteiger partial charge in [-0.3, -0.25) is 23.9 Å². The summed E-state index contributed by atoms with van der Waals surface area (Å²) in [4.78, 5) is 44.8. The quantitative estimate of drug-likeness (QED) is 0.498. The molecule has 5 rings (SSSR count). The highest BCUT2D eigenvalue weighted by Gasteiger charge is 2.36. The predicted molar refractivity (Wildman–Crippen MR) is 113 cm³/mol. The van der Waals surface area contributed by atoms with Gasteiger partial charge in [-0.2, -0.15) is 0 Å². The van der Waals surface area contributed by atoms with E-state index in [4.69, 9.17) is 0 Å². The molecule has 2 amide bonds. The largest absolute Gasteiger partial charge is 0.269 e. The third-order valence-corrected chi connectivity index (χ3v) is 5.32. The SMILES string of the molecule is Cc1ccc(-n2c(CN3C(=O)c4ccccc4C3=O)nc3ccccc3c2=O)cc1. The van der Waals surface area contributed by atoms with E-state index in [9.17, 15) is 14.4 Å². The molecule has 2 heterocycles. The molecule has 6 heteroatoms. The smallest absolute Gasteiger partial charge is 0.266 e. The number of rotatable bonds is 3. The van der Waals surface area contributed by atoms with Crippen LogP contribution in [0.15, 0.2) is 77.6 Å². The molecule has 0 fully saturated rings. The first-order valence-electron chi connectivity index (χ1n) is 9.57. The molecule has 146 valence electrons. The van der Waals surface area contributed by atoms with Crippen LogP contribution in [0.4, 0.5) is 0 Å². The number of imide groups is 1. The number of nitrogens with zero attached hydrogens (tertiary/aromatic N) is 3. The maximum Gasteiger partial charge on any atom is 0.266 e. The van der Waals surface area contributed by atoms with E-state index in [-0.39, 0.29) is 23.9 Å². The van der Waals surface area contributed by atoms with Crippen molar-refractivity contribution in [2.45, 2.75) is 13.5 Å². The molecule has 0 aliphatic carbocycles. The Morgan fingerprint density at radius 3 is 2.03 bits per heavy atom. The van der Waals surface area contributed by atoms with Gasteiger partial charge in [0, 0.05) is 0 Å². The molecule has 0 N–H and O–H groups in total. The Labute approximate surface area is 172 Å². The maximum atomic E-state index is 13.3. The van der Waals surface area contributed by atoms with E-state index in [0.717, 1.165) is 10.5 Å². The topological polar surface area (TPSA) is 72.3 Å². The summed E-state index contributed by atoms with van der Waals surface area (Å²) in [5.74, 6) is -0.431. The minimum Gasteiger partial charge on any atom is -0.269 e. The van der Waals surface area contributed by atoms with Gasteiger partial charge in [-0.25, -0.2) is 4.98 Å². The summed E-state index contributed by atoms with van der Waals surface area (Å²) >= 11 is 0. The second-order valence-electron chi connectivity index (χ2n) is 7.26. The van der Waals surface area contributed by atoms with Gasteiger partial charge in [-0.15, -0.1) is 0 Å². The molecule has 30 heavy (non-hydrogen) atoms. The van der Waals surface area contributed by atoms with E-state index in [0.29, 0.717) is 33.5 Å². The second kappa shape index (κ2) is 6.77. The Balaban J connectivity index is 1.68. The Hall–Kier alpha value is -4.06. The van der Waals surface area contributed by atoms with E-state index in [1.54, 1.807) is 48.5 Å². The summed E-state index contributed by atoms with van der Waals surface area (Å²) in [6.07, 6.45) is 0. The van der Waals surface area contributed by atoms with Crippen LogP contribution in [0.25, 0.3) is 16.6 Å². The van der Waals surface area contributed by atoms with E-state index in [1.165, 1.54) is 4.57 Å². The average Bonchev–Trinajstić information content (AvgIpc) is 3.00. The Bertz CT molecular complexity index is 1350. The minimum absolute atomic E-state index is 0.0969. The molecule has 6 nitrogen and oxygen atoms in total. The summed E-state index contributed by atoms with van der Waals surface area (Å²) in [5.41, 5.74) is 2.71. The molecule has 4 aromatic rings. The maximum absolute atomic E-state index is 13.3. The van der Waals surface area contributed by atoms with Crippen molar-refractivity contribution in [1.29, 1.82) is 0 Å². The molecular formula is C24H17N3O3. The number of carbonyl (C=O) groups excluding carboxylic acids is 2. The van der Waals surface area contributed by atoms with Gasteiger partial charge in [0.1, 0.15) is 5.82 Å². The van der Waals surface area contributed by atoms with Crippen molar-refractivity contribution < 1.29 is 9.59 Å². The van der Waals surface area contributed by atoms with Gasteiger partial charge in [0.15, 0.2) is 0 Å². The molecule has 1 aliphatic rings. The minimum atomic E-state index is -0.381. The van der Waals surface area contributed by atoms with Gasteiger partial charge in [-0.1, -0.05) is 42.0 Å². The van der Waals surface area contributed by atoms with Crippen LogP contribution >= 0.6 is 0 Å². The van der Waals surface area contributed by atoms with Crippen molar-refractivity contribution >= 4 is 22.7 Å². The summed E-state index contributed by atoms with van der Waals surface area (Å²) in [5, 5.41) is 0.476. The first kappa shape index (κ1) is 18.0. The first-order chi connectivity index (χ1) is 14.5. The fourth-order valence-corrected chi connectivity index (χ4v) is 3.77. The van der Waals surface area contributed by atoms with Crippen LogP contribution in [-0.4, -0.2) is 26.3 Å². The number of para-hydroxylation sites is 1. The molecular weight excluding hydrogens is 378 g/mol. The molecule has 1 aromatic heterocycles. The molecule has 0 atom stereocenters. The Morgan fingerprint density at radius 1 is 0.767 bits per heavy atom. The second-order valence-corrected chi connectivity index (χ2v) is 7.26. The van der Waals surface area contributed by atoms with Crippen LogP contribution < -0.4 is 5.56 Å². The number of fused-ring (bicyclic) bond motifs is 2. The predicted octanol–water partition coefficient (Wildman–Crippen LogP) is 3.49. The lowest BCUT2D eigenvalue weighted by molar-refractivity contribution is 0.0637. The first-order valence-corrected chi connectivity index (χ1v) is 9.57. The normalized spacial score (nSPS) is 13.2. The van der Waals surface area contributed by atoms with Crippen molar-refractivity contribution in [1.82, 2.24) is 14.5 Å². The number of aryl methyl sites for hydroxylation is 1. The number of amides is 2. The van der Waals surface area contributed by atoms with Crippen LogP contribution in [0.1, 0.15) is 32.1 Å². The van der Waals surface area contributed by atoms with Crippen LogP contribution in [0.3, 0.4) is 0 Å². The lowest BCUT2D eigenvalue weighted by atomic mass is 10.1. The molecule has 0 spiro atoms. The summed E-state index contributed by atoms with van der Waals surface area (Å²) in [6.45, 7) is 1.87. The van der Waals surface area contributed by atoms with Gasteiger partial charge in [0.25, 0.3) is 17.4 Å². The molecule has 0 saturated carbocycles. The summed E-state index contributed by atoms with van der Waals surface area (Å²) < 4.78 is 1.48. The molecule has 1 aliphatic heterocycles. The van der Waals surface area contributed by atoms with E-state index < -0.39 is 0 Å². The lowest BCUT2D eigenvalue weighted by Crippen LogP contribution is -2.33. The lowest BCUT2D eigenvalue weighted by Gasteiger charge is -2.18. The highest BCUT2D eigenvalue weighted by molar-refractivity contribution is 6.21. The molecule has 0 saturated heterocycles. The fraction of sp³-hybridized carbons (Fsp3) is 0.0833. The number of benzene rings is 3. The van der Waals surface area contributed by atoms with E-state index in [1.807, 2.05) is 31.2 Å². The van der Waals surface area contributed by atoms with Gasteiger partial charge in [0.05, 0.1) is 34.3 Å². The molecule has 0 radical (unpaired) electrons. The van der Waals surface area contributed by atoms with Crippen molar-refractivity contribution in [3.63, 3.8) is 0 Å². The van der Waals surface area contributed by atoms with Gasteiger partial charge in [-0.05, 0) is 43.3 Å². The number of aromatic nitrogens is 2. The van der Waals surface area contributed by atoms with E-state index >= 15 is 0 Å². The zero-order valence-corrected chi connectivity index (χ0v) is 16.2. The third kappa shape index (κ3) is 2.73. The number of carbonyl (C=O) groups is 2. The van der Waals surface area contributed by atoms with Crippen LogP contribution in [0, 0.1) is 6.92 Å². The average molecular weight is 395 g/mol. The standard InChI is InChI=1S/C24H17N3O3/c1-15-10-12-16(13-11-15)27-21(25-20-9-5-4-8-19(20)24(27)30)14-26-22(28)17-6-2-3-7-18(17)23(26)29/h2-13H,14H2,1H3. The van der Waals surface area contributed by atoms with Crippen LogP contribution in [0.2, 0.25) is 0 Å².